The fraction of sp³-hybridized carbons (Fsp3) is 0.143. The molecule has 0 fully saturated rings. The molecule has 100 valence electrons. The molecular weight excluding hydrogens is 272 g/mol. The lowest BCUT2D eigenvalue weighted by Crippen LogP contribution is -2.02. The summed E-state index contributed by atoms with van der Waals surface area (Å²) in [6, 6.07) is 8.65. The van der Waals surface area contributed by atoms with Crippen LogP contribution in [0.25, 0.3) is 0 Å². The van der Waals surface area contributed by atoms with Gasteiger partial charge >= 0.3 is 0 Å². The lowest BCUT2D eigenvalue weighted by Gasteiger charge is -2.10. The normalized spacial score (nSPS) is 10.3. The minimum Gasteiger partial charge on any atom is -0.495 e. The van der Waals surface area contributed by atoms with Gasteiger partial charge in [-0.15, -0.1) is 0 Å². The lowest BCUT2D eigenvalue weighted by atomic mass is 10.2. The van der Waals surface area contributed by atoms with Gasteiger partial charge in [-0.2, -0.15) is 0 Å². The van der Waals surface area contributed by atoms with Gasteiger partial charge in [0.2, 0.25) is 0 Å². The second-order valence-electron chi connectivity index (χ2n) is 3.94. The molecule has 0 atom stereocenters. The number of nitrogens with one attached hydrogen (secondary N) is 1. The topological polar surface area (TPSA) is 21.3 Å². The summed E-state index contributed by atoms with van der Waals surface area (Å²) in [5.41, 5.74) is 1.13. The maximum absolute atomic E-state index is 13.4. The number of halogens is 3. The molecule has 0 spiro atoms. The Balaban J connectivity index is 2.10. The van der Waals surface area contributed by atoms with Gasteiger partial charge in [0.1, 0.15) is 17.4 Å². The van der Waals surface area contributed by atoms with Gasteiger partial charge in [-0.3, -0.25) is 0 Å². The molecular formula is C14H12ClF2NO. The van der Waals surface area contributed by atoms with E-state index in [4.69, 9.17) is 16.3 Å². The molecule has 2 nitrogen and oxygen atoms in total. The van der Waals surface area contributed by atoms with E-state index >= 15 is 0 Å². The van der Waals surface area contributed by atoms with Crippen molar-refractivity contribution >= 4 is 17.3 Å². The maximum atomic E-state index is 13.4. The van der Waals surface area contributed by atoms with Crippen molar-refractivity contribution in [2.75, 3.05) is 12.4 Å². The standard InChI is InChI=1S/C14H12ClF2NO/c1-19-14-7-11(4-5-12(14)15)18-8-9-2-3-10(16)6-13(9)17/h2-7,18H,8H2,1H3. The van der Waals surface area contributed by atoms with Crippen molar-refractivity contribution in [1.82, 2.24) is 0 Å². The molecule has 0 saturated carbocycles. The molecule has 0 aromatic heterocycles. The Morgan fingerprint density at radius 1 is 1.16 bits per heavy atom. The minimum atomic E-state index is -0.589. The van der Waals surface area contributed by atoms with E-state index < -0.39 is 11.6 Å². The summed E-state index contributed by atoms with van der Waals surface area (Å²) >= 11 is 5.90. The van der Waals surface area contributed by atoms with Crippen molar-refractivity contribution in [2.45, 2.75) is 6.54 Å². The summed E-state index contributed by atoms with van der Waals surface area (Å²) in [5.74, 6) is -0.630. The van der Waals surface area contributed by atoms with Crippen LogP contribution in [0.2, 0.25) is 5.02 Å². The number of rotatable bonds is 4. The second kappa shape index (κ2) is 5.89. The molecule has 0 aliphatic rings. The van der Waals surface area contributed by atoms with Crippen molar-refractivity contribution in [1.29, 1.82) is 0 Å². The Hall–Kier alpha value is -1.81. The zero-order valence-corrected chi connectivity index (χ0v) is 11.0. The van der Waals surface area contributed by atoms with E-state index in [9.17, 15) is 8.78 Å². The molecule has 0 saturated heterocycles. The summed E-state index contributed by atoms with van der Waals surface area (Å²) in [7, 11) is 1.52. The highest BCUT2D eigenvalue weighted by atomic mass is 35.5. The highest BCUT2D eigenvalue weighted by Gasteiger charge is 2.05. The number of hydrogen-bond acceptors (Lipinski definition) is 2. The average molecular weight is 284 g/mol. The van der Waals surface area contributed by atoms with Crippen molar-refractivity contribution in [2.24, 2.45) is 0 Å². The summed E-state index contributed by atoms with van der Waals surface area (Å²) in [6.45, 7) is 0.247. The summed E-state index contributed by atoms with van der Waals surface area (Å²) in [4.78, 5) is 0. The van der Waals surface area contributed by atoms with Crippen molar-refractivity contribution in [3.8, 4) is 5.75 Å². The largest absolute Gasteiger partial charge is 0.495 e. The van der Waals surface area contributed by atoms with Crippen molar-refractivity contribution in [3.63, 3.8) is 0 Å². The number of anilines is 1. The second-order valence-corrected chi connectivity index (χ2v) is 4.35. The molecule has 2 rings (SSSR count). The van der Waals surface area contributed by atoms with Crippen LogP contribution in [0.1, 0.15) is 5.56 Å². The van der Waals surface area contributed by atoms with Crippen LogP contribution in [0.4, 0.5) is 14.5 Å². The molecule has 0 unspecified atom stereocenters. The fourth-order valence-electron chi connectivity index (χ4n) is 1.63. The smallest absolute Gasteiger partial charge is 0.139 e. The van der Waals surface area contributed by atoms with Gasteiger partial charge in [0.25, 0.3) is 0 Å². The molecule has 2 aromatic rings. The van der Waals surface area contributed by atoms with E-state index in [1.54, 1.807) is 18.2 Å². The van der Waals surface area contributed by atoms with E-state index in [1.165, 1.54) is 19.2 Å². The molecule has 2 aromatic carbocycles. The quantitative estimate of drug-likeness (QED) is 0.906. The predicted octanol–water partition coefficient (Wildman–Crippen LogP) is 4.24. The Bertz CT molecular complexity index is 590. The number of ether oxygens (including phenoxy) is 1. The van der Waals surface area contributed by atoms with E-state index in [0.29, 0.717) is 16.3 Å². The minimum absolute atomic E-state index is 0.247. The van der Waals surface area contributed by atoms with Crippen LogP contribution in [0.3, 0.4) is 0 Å². The van der Waals surface area contributed by atoms with Crippen molar-refractivity contribution in [3.05, 3.63) is 58.6 Å². The van der Waals surface area contributed by atoms with Gasteiger partial charge in [0.05, 0.1) is 12.1 Å². The maximum Gasteiger partial charge on any atom is 0.139 e. The van der Waals surface area contributed by atoms with Gasteiger partial charge in [-0.05, 0) is 18.2 Å². The van der Waals surface area contributed by atoms with Gasteiger partial charge in [0.15, 0.2) is 0 Å². The first kappa shape index (κ1) is 13.6. The average Bonchev–Trinajstić information content (AvgIpc) is 2.39. The third-order valence-electron chi connectivity index (χ3n) is 2.65. The summed E-state index contributed by atoms with van der Waals surface area (Å²) in [6.07, 6.45) is 0. The monoisotopic (exact) mass is 283 g/mol. The Labute approximate surface area is 115 Å². The van der Waals surface area contributed by atoms with Gasteiger partial charge in [0, 0.05) is 29.9 Å². The summed E-state index contributed by atoms with van der Waals surface area (Å²) < 4.78 is 31.3. The first-order valence-corrected chi connectivity index (χ1v) is 5.99. The molecule has 0 aliphatic heterocycles. The van der Waals surface area contributed by atoms with Crippen LogP contribution in [0, 0.1) is 11.6 Å². The molecule has 19 heavy (non-hydrogen) atoms. The Morgan fingerprint density at radius 3 is 2.63 bits per heavy atom. The van der Waals surface area contributed by atoms with E-state index in [-0.39, 0.29) is 6.54 Å². The molecule has 0 bridgehead atoms. The van der Waals surface area contributed by atoms with Crippen LogP contribution >= 0.6 is 11.6 Å². The zero-order chi connectivity index (χ0) is 13.8. The molecule has 1 N–H and O–H groups in total. The van der Waals surface area contributed by atoms with Gasteiger partial charge < -0.3 is 10.1 Å². The van der Waals surface area contributed by atoms with Crippen LogP contribution in [0.5, 0.6) is 5.75 Å². The van der Waals surface area contributed by atoms with Crippen LogP contribution in [-0.4, -0.2) is 7.11 Å². The SMILES string of the molecule is COc1cc(NCc2ccc(F)cc2F)ccc1Cl. The Kier molecular flexibility index (Phi) is 4.22. The third-order valence-corrected chi connectivity index (χ3v) is 2.96. The first-order chi connectivity index (χ1) is 9.10. The number of methoxy groups -OCH3 is 1. The highest BCUT2D eigenvalue weighted by Crippen LogP contribution is 2.27. The Morgan fingerprint density at radius 2 is 1.95 bits per heavy atom. The van der Waals surface area contributed by atoms with Crippen LogP contribution < -0.4 is 10.1 Å². The van der Waals surface area contributed by atoms with E-state index in [1.807, 2.05) is 0 Å². The van der Waals surface area contributed by atoms with E-state index in [0.717, 1.165) is 11.8 Å². The van der Waals surface area contributed by atoms with Crippen LogP contribution in [0.15, 0.2) is 36.4 Å². The summed E-state index contributed by atoms with van der Waals surface area (Å²) in [5, 5.41) is 3.52. The predicted molar refractivity (Wildman–Crippen MR) is 71.7 cm³/mol. The first-order valence-electron chi connectivity index (χ1n) is 5.61. The molecule has 0 radical (unpaired) electrons. The number of hydrogen-bond donors (Lipinski definition) is 1. The van der Waals surface area contributed by atoms with Crippen LogP contribution in [-0.2, 0) is 6.54 Å². The fourth-order valence-corrected chi connectivity index (χ4v) is 1.83. The molecule has 0 aliphatic carbocycles. The van der Waals surface area contributed by atoms with Crippen molar-refractivity contribution < 1.29 is 13.5 Å². The molecule has 5 heteroatoms. The molecule has 0 heterocycles. The molecule has 0 amide bonds. The van der Waals surface area contributed by atoms with Gasteiger partial charge in [-0.1, -0.05) is 17.7 Å². The highest BCUT2D eigenvalue weighted by molar-refractivity contribution is 6.32. The third kappa shape index (κ3) is 3.35. The van der Waals surface area contributed by atoms with E-state index in [2.05, 4.69) is 5.32 Å². The van der Waals surface area contributed by atoms with Gasteiger partial charge in [-0.25, -0.2) is 8.78 Å². The lowest BCUT2D eigenvalue weighted by molar-refractivity contribution is 0.415. The zero-order valence-electron chi connectivity index (χ0n) is 10.2. The number of benzene rings is 2.